The van der Waals surface area contributed by atoms with E-state index < -0.39 is 17.3 Å². The third-order valence-electron chi connectivity index (χ3n) is 10.6. The second-order valence-electron chi connectivity index (χ2n) is 13.4. The van der Waals surface area contributed by atoms with Crippen molar-refractivity contribution in [1.29, 1.82) is 0 Å². The lowest BCUT2D eigenvalue weighted by Gasteiger charge is -2.31. The lowest BCUT2D eigenvalue weighted by Crippen LogP contribution is -2.45. The Morgan fingerprint density at radius 2 is 1.74 bits per heavy atom. The molecule has 1 spiro atoms. The molecule has 7 heteroatoms. The Kier molecular flexibility index (Phi) is 7.80. The Labute approximate surface area is 253 Å². The number of amides is 1. The van der Waals surface area contributed by atoms with Gasteiger partial charge in [0.2, 0.25) is 5.91 Å². The van der Waals surface area contributed by atoms with Crippen LogP contribution >= 0.6 is 0 Å². The molecule has 0 aromatic heterocycles. The molecular formula is C36H42F2N2O3. The molecule has 2 aromatic rings. The molecule has 5 nitrogen and oxygen atoms in total. The zero-order chi connectivity index (χ0) is 30.5. The van der Waals surface area contributed by atoms with E-state index in [1.165, 1.54) is 7.11 Å². The van der Waals surface area contributed by atoms with E-state index >= 15 is 8.78 Å². The first-order valence-corrected chi connectivity index (χ1v) is 15.8. The normalized spacial score (nSPS) is 22.6. The second-order valence-corrected chi connectivity index (χ2v) is 13.4. The average Bonchev–Trinajstić information content (AvgIpc) is 3.80. The minimum absolute atomic E-state index is 0.00906. The monoisotopic (exact) mass is 588 g/mol. The van der Waals surface area contributed by atoms with Crippen molar-refractivity contribution in [2.45, 2.75) is 90.5 Å². The van der Waals surface area contributed by atoms with E-state index in [9.17, 15) is 9.59 Å². The molecule has 43 heavy (non-hydrogen) atoms. The number of aryl methyl sites for hydroxylation is 1. The minimum Gasteiger partial charge on any atom is -0.469 e. The predicted octanol–water partition coefficient (Wildman–Crippen LogP) is 7.88. The highest BCUT2D eigenvalue weighted by Gasteiger charge is 2.61. The van der Waals surface area contributed by atoms with Crippen molar-refractivity contribution >= 4 is 23.2 Å². The first-order valence-electron chi connectivity index (χ1n) is 15.8. The predicted molar refractivity (Wildman–Crippen MR) is 165 cm³/mol. The van der Waals surface area contributed by atoms with Gasteiger partial charge in [-0.2, -0.15) is 0 Å². The van der Waals surface area contributed by atoms with Gasteiger partial charge in [-0.25, -0.2) is 8.78 Å². The average molecular weight is 589 g/mol. The molecule has 2 aliphatic heterocycles. The fourth-order valence-corrected chi connectivity index (χ4v) is 7.99. The first-order chi connectivity index (χ1) is 20.6. The van der Waals surface area contributed by atoms with Crippen molar-refractivity contribution in [3.8, 4) is 11.1 Å². The lowest BCUT2D eigenvalue weighted by molar-refractivity contribution is -0.148. The summed E-state index contributed by atoms with van der Waals surface area (Å²) in [6, 6.07) is 11.7. The van der Waals surface area contributed by atoms with Gasteiger partial charge in [0.15, 0.2) is 0 Å². The number of halogens is 2. The van der Waals surface area contributed by atoms with Crippen molar-refractivity contribution in [3.63, 3.8) is 0 Å². The summed E-state index contributed by atoms with van der Waals surface area (Å²) in [5, 5.41) is 0. The zero-order valence-corrected chi connectivity index (χ0v) is 25.7. The molecule has 0 radical (unpaired) electrons. The van der Waals surface area contributed by atoms with Gasteiger partial charge >= 0.3 is 5.97 Å². The molecule has 2 atom stereocenters. The number of likely N-dealkylation sites (tertiary alicyclic amines) is 1. The summed E-state index contributed by atoms with van der Waals surface area (Å²) in [7, 11) is 1.35. The highest BCUT2D eigenvalue weighted by atomic mass is 19.3. The molecule has 2 aliphatic carbocycles. The van der Waals surface area contributed by atoms with Gasteiger partial charge in [-0.05, 0) is 78.3 Å². The van der Waals surface area contributed by atoms with Gasteiger partial charge in [-0.3, -0.25) is 14.6 Å². The smallest absolute Gasteiger partial charge is 0.306 e. The number of fused-ring (bicyclic) bond motifs is 1. The Bertz CT molecular complexity index is 1480. The number of methoxy groups -OCH3 is 1. The van der Waals surface area contributed by atoms with Crippen LogP contribution in [0.1, 0.15) is 87.5 Å². The summed E-state index contributed by atoms with van der Waals surface area (Å²) >= 11 is 0. The summed E-state index contributed by atoms with van der Waals surface area (Å²) in [4.78, 5) is 32.2. The van der Waals surface area contributed by atoms with Crippen LogP contribution in [0, 0.1) is 24.2 Å². The largest absolute Gasteiger partial charge is 0.469 e. The summed E-state index contributed by atoms with van der Waals surface area (Å²) in [6.45, 7) is 6.54. The molecule has 2 aromatic carbocycles. The van der Waals surface area contributed by atoms with Crippen molar-refractivity contribution in [3.05, 3.63) is 64.9 Å². The maximum absolute atomic E-state index is 16.1. The number of carbonyl (C=O) groups excluding carboxylic acids is 2. The van der Waals surface area contributed by atoms with Crippen LogP contribution in [-0.4, -0.2) is 42.2 Å². The third kappa shape index (κ3) is 5.02. The number of hydrogen-bond donors (Lipinski definition) is 0. The van der Waals surface area contributed by atoms with Crippen LogP contribution in [0.4, 0.5) is 8.78 Å². The van der Waals surface area contributed by atoms with Crippen molar-refractivity contribution < 1.29 is 23.1 Å². The van der Waals surface area contributed by atoms with E-state index in [0.29, 0.717) is 37.8 Å². The fourth-order valence-electron chi connectivity index (χ4n) is 7.99. The van der Waals surface area contributed by atoms with Crippen LogP contribution in [0.5, 0.6) is 0 Å². The number of allylic oxidation sites excluding steroid dienone is 1. The van der Waals surface area contributed by atoms with E-state index in [-0.39, 0.29) is 35.8 Å². The number of carbonyl (C=O) groups is 2. The molecule has 0 N–H and O–H groups in total. The number of aliphatic imine (C=N–C) groups is 1. The molecule has 228 valence electrons. The SMILES string of the molecule is COC(=O)C[C@H](C(=O)N1CCC[C@H]1C1=NC=C(c2ccc(-c3ccc(C)c4c3C(F)(F)C3(CCCC3)C4)cc2)C1)C(C)C. The summed E-state index contributed by atoms with van der Waals surface area (Å²) in [5.41, 5.74) is 5.59. The van der Waals surface area contributed by atoms with Crippen molar-refractivity contribution in [1.82, 2.24) is 4.90 Å². The summed E-state index contributed by atoms with van der Waals surface area (Å²) in [5.74, 6) is -3.61. The van der Waals surface area contributed by atoms with Crippen LogP contribution in [0.25, 0.3) is 16.7 Å². The fraction of sp³-hybridized carbons (Fsp3) is 0.528. The molecule has 4 aliphatic rings. The van der Waals surface area contributed by atoms with Gasteiger partial charge in [0.25, 0.3) is 5.92 Å². The summed E-state index contributed by atoms with van der Waals surface area (Å²) < 4.78 is 37.1. The zero-order valence-electron chi connectivity index (χ0n) is 25.7. The molecule has 2 heterocycles. The van der Waals surface area contributed by atoms with Crippen LogP contribution in [-0.2, 0) is 26.7 Å². The van der Waals surface area contributed by atoms with Gasteiger partial charge < -0.3 is 9.64 Å². The summed E-state index contributed by atoms with van der Waals surface area (Å²) in [6.07, 6.45) is 7.76. The molecule has 0 bridgehead atoms. The number of alkyl halides is 2. The maximum atomic E-state index is 16.1. The molecule has 1 saturated carbocycles. The van der Waals surface area contributed by atoms with E-state index in [1.54, 1.807) is 0 Å². The Hall–Kier alpha value is -3.35. The lowest BCUT2D eigenvalue weighted by atomic mass is 9.79. The van der Waals surface area contributed by atoms with Crippen molar-refractivity contribution in [2.24, 2.45) is 22.2 Å². The van der Waals surface area contributed by atoms with Crippen LogP contribution in [0.3, 0.4) is 0 Å². The minimum atomic E-state index is -2.83. The van der Waals surface area contributed by atoms with Gasteiger partial charge in [-0.15, -0.1) is 0 Å². The Morgan fingerprint density at radius 3 is 2.42 bits per heavy atom. The van der Waals surface area contributed by atoms with Crippen LogP contribution in [0.2, 0.25) is 0 Å². The molecule has 1 saturated heterocycles. The second kappa shape index (κ2) is 11.3. The van der Waals surface area contributed by atoms with Gasteiger partial charge in [0, 0.05) is 35.9 Å². The van der Waals surface area contributed by atoms with Crippen LogP contribution < -0.4 is 0 Å². The standard InChI is InChI=1S/C36H42F2N2O3/c1-22(2)28(19-32(41)43-4)34(42)40-17-7-8-31(40)30-18-26(21-39-30)24-10-12-25(13-11-24)27-14-9-23(3)29-20-35(15-5-6-16-35)36(37,38)33(27)29/h9-14,21-22,28,31H,5-8,15-20H2,1-4H3/t28-,31-/m0/s1. The Morgan fingerprint density at radius 1 is 1.05 bits per heavy atom. The van der Waals surface area contributed by atoms with Gasteiger partial charge in [0.05, 0.1) is 25.5 Å². The van der Waals surface area contributed by atoms with Crippen molar-refractivity contribution in [2.75, 3.05) is 13.7 Å². The first kappa shape index (κ1) is 29.7. The van der Waals surface area contributed by atoms with E-state index in [0.717, 1.165) is 59.2 Å². The number of benzene rings is 2. The highest BCUT2D eigenvalue weighted by Crippen LogP contribution is 2.63. The maximum Gasteiger partial charge on any atom is 0.306 e. The third-order valence-corrected chi connectivity index (χ3v) is 10.6. The van der Waals surface area contributed by atoms with Crippen LogP contribution in [0.15, 0.2) is 47.6 Å². The topological polar surface area (TPSA) is 59.0 Å². The molecule has 6 rings (SSSR count). The van der Waals surface area contributed by atoms with Gasteiger partial charge in [-0.1, -0.05) is 63.1 Å². The number of ether oxygens (including phenoxy) is 1. The molecule has 1 amide bonds. The number of nitrogens with zero attached hydrogens (tertiary/aromatic N) is 2. The Balaban J connectivity index is 1.18. The van der Waals surface area contributed by atoms with E-state index in [2.05, 4.69) is 0 Å². The van der Waals surface area contributed by atoms with E-state index in [4.69, 9.17) is 9.73 Å². The molecular weight excluding hydrogens is 546 g/mol. The number of esters is 1. The molecule has 2 fully saturated rings. The molecule has 0 unspecified atom stereocenters. The number of hydrogen-bond acceptors (Lipinski definition) is 4. The van der Waals surface area contributed by atoms with Gasteiger partial charge in [0.1, 0.15) is 0 Å². The highest BCUT2D eigenvalue weighted by molar-refractivity contribution is 6.03. The quantitative estimate of drug-likeness (QED) is 0.309. The number of rotatable bonds is 7. The van der Waals surface area contributed by atoms with E-state index in [1.807, 2.05) is 68.3 Å².